The second-order valence-corrected chi connectivity index (χ2v) is 4.18. The van der Waals surface area contributed by atoms with Gasteiger partial charge in [-0.25, -0.2) is 18.7 Å². The minimum Gasteiger partial charge on any atom is -0.329 e. The number of nitrogens with zero attached hydrogens (tertiary/aromatic N) is 3. The van der Waals surface area contributed by atoms with Crippen LogP contribution >= 0.6 is 0 Å². The van der Waals surface area contributed by atoms with Crippen LogP contribution in [0.5, 0.6) is 0 Å². The lowest BCUT2D eigenvalue weighted by atomic mass is 10.1. The number of rotatable bonds is 2. The first kappa shape index (κ1) is 10.3. The van der Waals surface area contributed by atoms with E-state index in [1.807, 2.05) is 13.8 Å². The number of hydrogen-bond donors (Lipinski definition) is 0. The predicted molar refractivity (Wildman–Crippen MR) is 53.3 cm³/mol. The highest BCUT2D eigenvalue weighted by Crippen LogP contribution is 2.29. The van der Waals surface area contributed by atoms with Gasteiger partial charge in [0.15, 0.2) is 0 Å². The highest BCUT2D eigenvalue weighted by molar-refractivity contribution is 5.36. The molecule has 0 atom stereocenters. The van der Waals surface area contributed by atoms with Crippen molar-refractivity contribution in [2.75, 3.05) is 18.0 Å². The molecule has 0 radical (unpaired) electrons. The van der Waals surface area contributed by atoms with Crippen molar-refractivity contribution in [2.45, 2.75) is 25.7 Å². The molecule has 1 aliphatic heterocycles. The molecule has 5 heteroatoms. The first-order valence-electron chi connectivity index (χ1n) is 4.93. The second-order valence-electron chi connectivity index (χ2n) is 4.18. The van der Waals surface area contributed by atoms with Crippen molar-refractivity contribution in [1.29, 1.82) is 0 Å². The molecular weight excluding hydrogens is 200 g/mol. The molecule has 1 saturated heterocycles. The van der Waals surface area contributed by atoms with Crippen LogP contribution in [-0.2, 0) is 0 Å². The fourth-order valence-corrected chi connectivity index (χ4v) is 1.45. The number of hydrogen-bond acceptors (Lipinski definition) is 3. The minimum absolute atomic E-state index is 0.270. The molecule has 0 aliphatic carbocycles. The third kappa shape index (κ3) is 2.06. The fraction of sp³-hybridized carbons (Fsp3) is 0.600. The summed E-state index contributed by atoms with van der Waals surface area (Å²) in [6, 6.07) is 0. The Balaban J connectivity index is 2.06. The van der Waals surface area contributed by atoms with E-state index >= 15 is 0 Å². The molecule has 15 heavy (non-hydrogen) atoms. The summed E-state index contributed by atoms with van der Waals surface area (Å²) in [6.07, 6.45) is 3.40. The van der Waals surface area contributed by atoms with Crippen LogP contribution in [0.15, 0.2) is 12.4 Å². The van der Waals surface area contributed by atoms with Crippen LogP contribution in [0, 0.1) is 0 Å². The average molecular weight is 213 g/mol. The first-order chi connectivity index (χ1) is 6.98. The van der Waals surface area contributed by atoms with Crippen LogP contribution in [0.25, 0.3) is 0 Å². The zero-order chi connectivity index (χ0) is 11.1. The van der Waals surface area contributed by atoms with Gasteiger partial charge in [0.05, 0.1) is 13.1 Å². The normalized spacial score (nSPS) is 19.1. The van der Waals surface area contributed by atoms with E-state index in [9.17, 15) is 8.78 Å². The molecular formula is C10H13F2N3. The van der Waals surface area contributed by atoms with E-state index in [0.717, 1.165) is 5.56 Å². The molecule has 82 valence electrons. The number of halogens is 2. The molecule has 1 aromatic heterocycles. The zero-order valence-corrected chi connectivity index (χ0v) is 8.74. The Kier molecular flexibility index (Phi) is 2.32. The predicted octanol–water partition coefficient (Wildman–Crippen LogP) is 2.06. The van der Waals surface area contributed by atoms with Crippen LogP contribution < -0.4 is 4.90 Å². The van der Waals surface area contributed by atoms with Gasteiger partial charge in [-0.1, -0.05) is 13.8 Å². The van der Waals surface area contributed by atoms with Crippen molar-refractivity contribution < 1.29 is 8.78 Å². The minimum atomic E-state index is -2.57. The maximum Gasteiger partial charge on any atom is 0.282 e. The van der Waals surface area contributed by atoms with Crippen molar-refractivity contribution in [1.82, 2.24) is 9.97 Å². The fourth-order valence-electron chi connectivity index (χ4n) is 1.45. The molecule has 1 aliphatic rings. The zero-order valence-electron chi connectivity index (χ0n) is 8.74. The largest absolute Gasteiger partial charge is 0.329 e. The van der Waals surface area contributed by atoms with Gasteiger partial charge in [0.25, 0.3) is 5.92 Å². The molecule has 0 bridgehead atoms. The quantitative estimate of drug-likeness (QED) is 0.753. The summed E-state index contributed by atoms with van der Waals surface area (Å²) >= 11 is 0. The van der Waals surface area contributed by atoms with E-state index in [2.05, 4.69) is 9.97 Å². The Bertz CT molecular complexity index is 340. The molecule has 2 heterocycles. The standard InChI is InChI=1S/C10H13F2N3/c1-7(2)8-3-13-9(14-4-8)15-5-10(11,12)6-15/h3-4,7H,5-6H2,1-2H3. The molecule has 3 nitrogen and oxygen atoms in total. The van der Waals surface area contributed by atoms with Gasteiger partial charge in [-0.05, 0) is 11.5 Å². The van der Waals surface area contributed by atoms with Crippen molar-refractivity contribution in [3.63, 3.8) is 0 Å². The average Bonchev–Trinajstić information content (AvgIpc) is 2.14. The smallest absolute Gasteiger partial charge is 0.282 e. The van der Waals surface area contributed by atoms with Crippen molar-refractivity contribution >= 4 is 5.95 Å². The number of anilines is 1. The topological polar surface area (TPSA) is 29.0 Å². The van der Waals surface area contributed by atoms with Crippen molar-refractivity contribution in [3.8, 4) is 0 Å². The summed E-state index contributed by atoms with van der Waals surface area (Å²) in [7, 11) is 0. The lowest BCUT2D eigenvalue weighted by Gasteiger charge is -2.38. The maximum absolute atomic E-state index is 12.6. The second kappa shape index (κ2) is 3.40. The highest BCUT2D eigenvalue weighted by atomic mass is 19.3. The van der Waals surface area contributed by atoms with Gasteiger partial charge >= 0.3 is 0 Å². The summed E-state index contributed by atoms with van der Waals surface area (Å²) < 4.78 is 25.2. The third-order valence-corrected chi connectivity index (χ3v) is 2.45. The first-order valence-corrected chi connectivity index (χ1v) is 4.93. The number of aromatic nitrogens is 2. The lowest BCUT2D eigenvalue weighted by molar-refractivity contribution is -0.0271. The molecule has 0 amide bonds. The van der Waals surface area contributed by atoms with Gasteiger partial charge in [-0.15, -0.1) is 0 Å². The SMILES string of the molecule is CC(C)c1cnc(N2CC(F)(F)C2)nc1. The summed E-state index contributed by atoms with van der Waals surface area (Å²) in [5.41, 5.74) is 1.02. The third-order valence-electron chi connectivity index (χ3n) is 2.45. The Morgan fingerprint density at radius 1 is 1.27 bits per heavy atom. The number of alkyl halides is 2. The Morgan fingerprint density at radius 3 is 2.20 bits per heavy atom. The summed E-state index contributed by atoms with van der Waals surface area (Å²) in [6.45, 7) is 3.54. The maximum atomic E-state index is 12.6. The van der Waals surface area contributed by atoms with Crippen LogP contribution in [0.2, 0.25) is 0 Å². The van der Waals surface area contributed by atoms with Gasteiger partial charge in [0, 0.05) is 12.4 Å². The van der Waals surface area contributed by atoms with E-state index in [1.165, 1.54) is 4.90 Å². The molecule has 0 spiro atoms. The summed E-state index contributed by atoms with van der Waals surface area (Å²) in [4.78, 5) is 9.61. The molecule has 0 aromatic carbocycles. The highest BCUT2D eigenvalue weighted by Gasteiger charge is 2.45. The Labute approximate surface area is 87.1 Å². The molecule has 0 N–H and O–H groups in total. The van der Waals surface area contributed by atoms with Crippen LogP contribution in [0.3, 0.4) is 0 Å². The lowest BCUT2D eigenvalue weighted by Crippen LogP contribution is -2.57. The van der Waals surface area contributed by atoms with Gasteiger partial charge < -0.3 is 4.90 Å². The van der Waals surface area contributed by atoms with Crippen LogP contribution in [0.4, 0.5) is 14.7 Å². The van der Waals surface area contributed by atoms with E-state index < -0.39 is 5.92 Å². The van der Waals surface area contributed by atoms with Crippen molar-refractivity contribution in [3.05, 3.63) is 18.0 Å². The Hall–Kier alpha value is -1.26. The van der Waals surface area contributed by atoms with Crippen LogP contribution in [-0.4, -0.2) is 29.0 Å². The van der Waals surface area contributed by atoms with E-state index in [-0.39, 0.29) is 13.1 Å². The molecule has 1 aromatic rings. The molecule has 0 unspecified atom stereocenters. The summed E-state index contributed by atoms with van der Waals surface area (Å²) in [5.74, 6) is -1.82. The van der Waals surface area contributed by atoms with E-state index in [1.54, 1.807) is 12.4 Å². The van der Waals surface area contributed by atoms with E-state index in [4.69, 9.17) is 0 Å². The molecule has 2 rings (SSSR count). The van der Waals surface area contributed by atoms with Crippen LogP contribution in [0.1, 0.15) is 25.3 Å². The van der Waals surface area contributed by atoms with Gasteiger partial charge in [0.1, 0.15) is 0 Å². The van der Waals surface area contributed by atoms with Gasteiger partial charge in [0.2, 0.25) is 5.95 Å². The monoisotopic (exact) mass is 213 g/mol. The van der Waals surface area contributed by atoms with Gasteiger partial charge in [-0.3, -0.25) is 0 Å². The molecule has 0 saturated carbocycles. The summed E-state index contributed by atoms with van der Waals surface area (Å²) in [5, 5.41) is 0. The molecule has 1 fully saturated rings. The van der Waals surface area contributed by atoms with Gasteiger partial charge in [-0.2, -0.15) is 0 Å². The Morgan fingerprint density at radius 2 is 1.80 bits per heavy atom. The van der Waals surface area contributed by atoms with Crippen molar-refractivity contribution in [2.24, 2.45) is 0 Å². The van der Waals surface area contributed by atoms with E-state index in [0.29, 0.717) is 11.9 Å².